The average Bonchev–Trinajstić information content (AvgIpc) is 3.04. The fraction of sp³-hybridized carbons (Fsp3) is 0.312. The number of H-pyrrole nitrogens is 1. The Morgan fingerprint density at radius 2 is 2.04 bits per heavy atom. The molecule has 2 heterocycles. The van der Waals surface area contributed by atoms with Crippen LogP contribution in [0.3, 0.4) is 0 Å². The van der Waals surface area contributed by atoms with Crippen LogP contribution in [0.15, 0.2) is 33.6 Å². The molecule has 0 spiro atoms. The molecule has 11 heteroatoms. The van der Waals surface area contributed by atoms with Crippen molar-refractivity contribution in [2.75, 3.05) is 12.4 Å². The van der Waals surface area contributed by atoms with Crippen LogP contribution in [0.25, 0.3) is 0 Å². The van der Waals surface area contributed by atoms with Crippen molar-refractivity contribution in [2.24, 2.45) is 7.05 Å². The fourth-order valence-corrected chi connectivity index (χ4v) is 3.41. The number of nitrogens with one attached hydrogen (secondary N) is 2. The molecule has 0 saturated carbocycles. The summed E-state index contributed by atoms with van der Waals surface area (Å²) in [6, 6.07) is 6.53. The number of aryl methyl sites for hydroxylation is 1. The topological polar surface area (TPSA) is 103 Å². The van der Waals surface area contributed by atoms with Crippen LogP contribution in [0.2, 0.25) is 0 Å². The van der Waals surface area contributed by atoms with Crippen molar-refractivity contribution >= 4 is 57.4 Å². The number of benzene rings is 1. The number of aromatic amines is 1. The first-order chi connectivity index (χ1) is 12.8. The van der Waals surface area contributed by atoms with Gasteiger partial charge in [-0.15, -0.1) is 0 Å². The predicted octanol–water partition coefficient (Wildman–Crippen LogP) is 0.353. The Morgan fingerprint density at radius 1 is 1.37 bits per heavy atom. The second-order valence-electron chi connectivity index (χ2n) is 6.07. The largest absolute Gasteiger partial charge is 0.431 e. The van der Waals surface area contributed by atoms with Crippen LogP contribution in [-0.2, 0) is 23.2 Å². The van der Waals surface area contributed by atoms with Crippen LogP contribution in [0, 0.1) is 3.57 Å². The van der Waals surface area contributed by atoms with Gasteiger partial charge in [0, 0.05) is 16.3 Å². The summed E-state index contributed by atoms with van der Waals surface area (Å²) >= 11 is 7.49. The van der Waals surface area contributed by atoms with E-state index in [1.54, 1.807) is 31.1 Å². The highest BCUT2D eigenvalue weighted by molar-refractivity contribution is 14.1. The Labute approximate surface area is 173 Å². The molecule has 1 atom stereocenters. The number of anilines is 1. The third-order valence-corrected chi connectivity index (χ3v) is 5.49. The van der Waals surface area contributed by atoms with Gasteiger partial charge < -0.3 is 10.2 Å². The lowest BCUT2D eigenvalue weighted by molar-refractivity contribution is -0.746. The lowest BCUT2D eigenvalue weighted by Crippen LogP contribution is -2.44. The molecule has 1 saturated heterocycles. The second-order valence-corrected chi connectivity index (χ2v) is 7.68. The number of carbonyl (C=O) groups is 2. The summed E-state index contributed by atoms with van der Waals surface area (Å²) in [5, 5.41) is 5.45. The summed E-state index contributed by atoms with van der Waals surface area (Å²) in [6.07, 6.45) is -0.0885. The third kappa shape index (κ3) is 4.03. The van der Waals surface area contributed by atoms with Crippen molar-refractivity contribution in [3.05, 3.63) is 43.9 Å². The zero-order valence-electron chi connectivity index (χ0n) is 14.6. The maximum Gasteiger partial charge on any atom is 0.431 e. The molecule has 1 aliphatic rings. The van der Waals surface area contributed by atoms with Crippen LogP contribution in [0.5, 0.6) is 0 Å². The van der Waals surface area contributed by atoms with Gasteiger partial charge in [-0.05, 0) is 64.3 Å². The number of aromatic nitrogens is 2. The van der Waals surface area contributed by atoms with Gasteiger partial charge >= 0.3 is 11.3 Å². The van der Waals surface area contributed by atoms with E-state index in [2.05, 4.69) is 33.2 Å². The van der Waals surface area contributed by atoms with E-state index in [1.165, 1.54) is 9.58 Å². The maximum atomic E-state index is 12.6. The van der Waals surface area contributed by atoms with Crippen LogP contribution in [0.4, 0.5) is 5.69 Å². The fourth-order valence-electron chi connectivity index (χ4n) is 2.77. The van der Waals surface area contributed by atoms with E-state index in [-0.39, 0.29) is 29.9 Å². The molecular formula is C16H17IN5O4S+. The minimum atomic E-state index is -0.791. The summed E-state index contributed by atoms with van der Waals surface area (Å²) < 4.78 is 7.20. The number of hydrogen-bond acceptors (Lipinski definition) is 5. The normalized spacial score (nSPS) is 16.9. The quantitative estimate of drug-likeness (QED) is 0.348. The molecule has 1 unspecified atom stereocenters. The maximum absolute atomic E-state index is 12.6. The van der Waals surface area contributed by atoms with E-state index in [9.17, 15) is 14.4 Å². The van der Waals surface area contributed by atoms with Gasteiger partial charge in [0.25, 0.3) is 5.91 Å². The van der Waals surface area contributed by atoms with Crippen molar-refractivity contribution in [2.45, 2.75) is 19.0 Å². The van der Waals surface area contributed by atoms with Gasteiger partial charge in [0.05, 0.1) is 6.42 Å². The molecule has 1 aliphatic heterocycles. The van der Waals surface area contributed by atoms with Gasteiger partial charge in [-0.3, -0.25) is 19.0 Å². The van der Waals surface area contributed by atoms with Crippen molar-refractivity contribution in [1.29, 1.82) is 0 Å². The Kier molecular flexibility index (Phi) is 5.60. The Balaban J connectivity index is 1.77. The summed E-state index contributed by atoms with van der Waals surface area (Å²) in [6.45, 7) is 0.0543. The minimum absolute atomic E-state index is 0.0543. The highest BCUT2D eigenvalue weighted by Crippen LogP contribution is 2.21. The number of thiocarbonyl (C=S) groups is 1. The van der Waals surface area contributed by atoms with Gasteiger partial charge in [0.1, 0.15) is 12.6 Å². The number of likely N-dealkylation sites (N-methyl/N-ethyl adjacent to an activating group) is 1. The summed E-state index contributed by atoms with van der Waals surface area (Å²) in [5.74, 6) is -0.608. The molecule has 9 nitrogen and oxygen atoms in total. The molecule has 2 amide bonds. The number of amides is 2. The van der Waals surface area contributed by atoms with Crippen molar-refractivity contribution in [1.82, 2.24) is 15.1 Å². The molecule has 27 heavy (non-hydrogen) atoms. The number of rotatable bonds is 5. The van der Waals surface area contributed by atoms with Crippen LogP contribution < -0.4 is 15.6 Å². The molecule has 0 bridgehead atoms. The van der Waals surface area contributed by atoms with E-state index < -0.39 is 11.7 Å². The first-order valence-corrected chi connectivity index (χ1v) is 9.46. The predicted molar refractivity (Wildman–Crippen MR) is 108 cm³/mol. The summed E-state index contributed by atoms with van der Waals surface area (Å²) in [7, 11) is 3.16. The summed E-state index contributed by atoms with van der Waals surface area (Å²) in [4.78, 5) is 39.7. The molecule has 1 aromatic carbocycles. The van der Waals surface area contributed by atoms with Gasteiger partial charge in [0.15, 0.2) is 12.2 Å². The zero-order chi connectivity index (χ0) is 19.7. The number of hydrogen-bond donors (Lipinski definition) is 2. The number of carbonyl (C=O) groups excluding carboxylic acids is 2. The van der Waals surface area contributed by atoms with Gasteiger partial charge in [-0.25, -0.2) is 4.79 Å². The molecule has 142 valence electrons. The van der Waals surface area contributed by atoms with Crippen LogP contribution >= 0.6 is 34.8 Å². The smallest absolute Gasteiger partial charge is 0.326 e. The highest BCUT2D eigenvalue weighted by atomic mass is 127. The lowest BCUT2D eigenvalue weighted by Gasteiger charge is -2.21. The number of halogens is 1. The van der Waals surface area contributed by atoms with Gasteiger partial charge in [0.2, 0.25) is 5.91 Å². The van der Waals surface area contributed by atoms with E-state index in [1.807, 2.05) is 12.1 Å². The molecule has 1 fully saturated rings. The average molecular weight is 502 g/mol. The zero-order valence-corrected chi connectivity index (χ0v) is 17.5. The minimum Gasteiger partial charge on any atom is -0.326 e. The van der Waals surface area contributed by atoms with E-state index in [0.717, 1.165) is 3.57 Å². The van der Waals surface area contributed by atoms with Crippen molar-refractivity contribution < 1.29 is 18.8 Å². The standard InChI is InChI=1S/C16H16IN5O4S/c1-20-14(24)11(7-13(23)18-10-5-3-9(17)4-6-10)22(16(20)27)8-12-15(25)26-19-21(12)2/h3-6,11H,7-8H2,1-2H3,(H-,18,19,23,25)/p+1. The second kappa shape index (κ2) is 7.76. The summed E-state index contributed by atoms with van der Waals surface area (Å²) in [5.41, 5.74) is 0.388. The van der Waals surface area contributed by atoms with Crippen LogP contribution in [-0.4, -0.2) is 45.1 Å². The van der Waals surface area contributed by atoms with E-state index >= 15 is 0 Å². The van der Waals surface area contributed by atoms with Crippen molar-refractivity contribution in [3.8, 4) is 0 Å². The molecule has 1 aromatic heterocycles. The van der Waals surface area contributed by atoms with Gasteiger partial charge in [-0.1, -0.05) is 4.68 Å². The molecule has 0 radical (unpaired) electrons. The Bertz CT molecular complexity index is 954. The molecule has 0 aliphatic carbocycles. The molecule has 3 rings (SSSR count). The molecule has 2 aromatic rings. The number of nitrogens with zero attached hydrogens (tertiary/aromatic N) is 3. The Morgan fingerprint density at radius 3 is 2.63 bits per heavy atom. The Hall–Kier alpha value is -2.28. The molecule has 2 N–H and O–H groups in total. The molecular weight excluding hydrogens is 485 g/mol. The first kappa shape index (κ1) is 19.5. The third-order valence-electron chi connectivity index (χ3n) is 4.27. The first-order valence-electron chi connectivity index (χ1n) is 7.98. The SMILES string of the molecule is CN1C(=O)C(CC(=O)Nc2ccc(I)cc2)N(Cc2c(=O)o[nH][n+]2C)C1=S. The van der Waals surface area contributed by atoms with E-state index in [0.29, 0.717) is 11.4 Å². The lowest BCUT2D eigenvalue weighted by atomic mass is 10.1. The van der Waals surface area contributed by atoms with E-state index in [4.69, 9.17) is 16.7 Å². The van der Waals surface area contributed by atoms with Gasteiger partial charge in [-0.2, -0.15) is 0 Å². The highest BCUT2D eigenvalue weighted by Gasteiger charge is 2.43. The van der Waals surface area contributed by atoms with Crippen LogP contribution in [0.1, 0.15) is 12.1 Å². The van der Waals surface area contributed by atoms with Crippen molar-refractivity contribution in [3.63, 3.8) is 0 Å². The monoisotopic (exact) mass is 502 g/mol.